The Labute approximate surface area is 114 Å². The predicted molar refractivity (Wildman–Crippen MR) is 78.5 cm³/mol. The number of hydrogen-bond acceptors (Lipinski definition) is 3. The number of hydrogen-bond donors (Lipinski definition) is 1. The Hall–Kier alpha value is -1.90. The molecule has 1 fully saturated rings. The van der Waals surface area contributed by atoms with Crippen molar-refractivity contribution >= 4 is 5.82 Å². The van der Waals surface area contributed by atoms with Crippen LogP contribution in [0.15, 0.2) is 24.3 Å². The monoisotopic (exact) mass is 253 g/mol. The second kappa shape index (κ2) is 4.65. The lowest BCUT2D eigenvalue weighted by molar-refractivity contribution is 0.924. The average molecular weight is 253 g/mol. The zero-order chi connectivity index (χ0) is 13.4. The number of aromatic nitrogens is 2. The lowest BCUT2D eigenvalue weighted by Gasteiger charge is -2.12. The molecule has 1 aliphatic carbocycles. The Kier molecular flexibility index (Phi) is 2.97. The minimum absolute atomic E-state index is 0.567. The van der Waals surface area contributed by atoms with Gasteiger partial charge in [-0.25, -0.2) is 9.97 Å². The van der Waals surface area contributed by atoms with Gasteiger partial charge < -0.3 is 5.32 Å². The van der Waals surface area contributed by atoms with Gasteiger partial charge in [0.25, 0.3) is 0 Å². The minimum Gasteiger partial charge on any atom is -0.373 e. The van der Waals surface area contributed by atoms with Crippen molar-refractivity contribution < 1.29 is 0 Å². The van der Waals surface area contributed by atoms with Gasteiger partial charge in [-0.2, -0.15) is 0 Å². The minimum atomic E-state index is 0.567. The maximum absolute atomic E-state index is 4.79. The Bertz CT molecular complexity index is 598. The molecule has 1 aromatic heterocycles. The molecule has 0 unspecified atom stereocenters. The van der Waals surface area contributed by atoms with Crippen LogP contribution in [0.25, 0.3) is 11.3 Å². The number of anilines is 1. The highest BCUT2D eigenvalue weighted by atomic mass is 15.0. The highest BCUT2D eigenvalue weighted by molar-refractivity contribution is 5.68. The van der Waals surface area contributed by atoms with Gasteiger partial charge in [0.15, 0.2) is 0 Å². The molecule has 0 saturated heterocycles. The summed E-state index contributed by atoms with van der Waals surface area (Å²) in [5.41, 5.74) is 4.62. The molecular weight excluding hydrogens is 234 g/mol. The maximum atomic E-state index is 4.79. The van der Waals surface area contributed by atoms with E-state index in [0.29, 0.717) is 5.92 Å². The summed E-state index contributed by atoms with van der Waals surface area (Å²) in [4.78, 5) is 9.43. The third kappa shape index (κ3) is 2.33. The molecule has 0 atom stereocenters. The Morgan fingerprint density at radius 1 is 1.05 bits per heavy atom. The topological polar surface area (TPSA) is 37.8 Å². The van der Waals surface area contributed by atoms with Crippen molar-refractivity contribution in [1.82, 2.24) is 9.97 Å². The van der Waals surface area contributed by atoms with Gasteiger partial charge in [0.2, 0.25) is 0 Å². The molecular formula is C16H19N3. The standard InChI is InChI=1S/C16H19N3/c1-10-4-6-12(7-5-10)14-11(2)15(17-3)19-16(18-14)13-8-9-13/h4-7,13H,8-9H2,1-3H3,(H,17,18,19). The SMILES string of the molecule is CNc1nc(C2CC2)nc(-c2ccc(C)cc2)c1C. The zero-order valence-electron chi connectivity index (χ0n) is 11.7. The van der Waals surface area contributed by atoms with Crippen LogP contribution in [-0.2, 0) is 0 Å². The fraction of sp³-hybridized carbons (Fsp3) is 0.375. The van der Waals surface area contributed by atoms with Crippen LogP contribution in [0.5, 0.6) is 0 Å². The van der Waals surface area contributed by atoms with Crippen LogP contribution in [-0.4, -0.2) is 17.0 Å². The van der Waals surface area contributed by atoms with E-state index in [1.807, 2.05) is 7.05 Å². The normalized spacial score (nSPS) is 14.5. The molecule has 3 heteroatoms. The smallest absolute Gasteiger partial charge is 0.134 e. The molecule has 98 valence electrons. The molecule has 2 aromatic rings. The lowest BCUT2D eigenvalue weighted by atomic mass is 10.1. The van der Waals surface area contributed by atoms with Crippen molar-refractivity contribution in [2.75, 3.05) is 12.4 Å². The first-order chi connectivity index (χ1) is 9.19. The fourth-order valence-electron chi connectivity index (χ4n) is 2.29. The Balaban J connectivity index is 2.12. The van der Waals surface area contributed by atoms with Crippen LogP contribution in [0.2, 0.25) is 0 Å². The van der Waals surface area contributed by atoms with Crippen molar-refractivity contribution in [2.45, 2.75) is 32.6 Å². The molecule has 1 N–H and O–H groups in total. The first-order valence-corrected chi connectivity index (χ1v) is 6.82. The highest BCUT2D eigenvalue weighted by Crippen LogP contribution is 2.40. The van der Waals surface area contributed by atoms with Gasteiger partial charge in [-0.05, 0) is 26.7 Å². The van der Waals surface area contributed by atoms with Gasteiger partial charge in [-0.3, -0.25) is 0 Å². The molecule has 3 rings (SSSR count). The third-order valence-electron chi connectivity index (χ3n) is 3.67. The van der Waals surface area contributed by atoms with Crippen molar-refractivity contribution in [3.8, 4) is 11.3 Å². The first kappa shape index (κ1) is 12.2. The molecule has 19 heavy (non-hydrogen) atoms. The second-order valence-electron chi connectivity index (χ2n) is 5.29. The van der Waals surface area contributed by atoms with Gasteiger partial charge in [0, 0.05) is 24.1 Å². The Morgan fingerprint density at radius 2 is 1.74 bits per heavy atom. The summed E-state index contributed by atoms with van der Waals surface area (Å²) in [5.74, 6) is 2.51. The van der Waals surface area contributed by atoms with Crippen molar-refractivity contribution in [3.63, 3.8) is 0 Å². The predicted octanol–water partition coefficient (Wildman–Crippen LogP) is 3.68. The summed E-state index contributed by atoms with van der Waals surface area (Å²) >= 11 is 0. The largest absolute Gasteiger partial charge is 0.373 e. The van der Waals surface area contributed by atoms with Crippen molar-refractivity contribution in [3.05, 3.63) is 41.2 Å². The fourth-order valence-corrected chi connectivity index (χ4v) is 2.29. The molecule has 0 aliphatic heterocycles. The molecule has 1 aromatic carbocycles. The van der Waals surface area contributed by atoms with Crippen LogP contribution >= 0.6 is 0 Å². The molecule has 1 aliphatic rings. The van der Waals surface area contributed by atoms with E-state index in [9.17, 15) is 0 Å². The van der Waals surface area contributed by atoms with E-state index in [1.54, 1.807) is 0 Å². The first-order valence-electron chi connectivity index (χ1n) is 6.82. The Morgan fingerprint density at radius 3 is 2.32 bits per heavy atom. The van der Waals surface area contributed by atoms with Gasteiger partial charge in [-0.1, -0.05) is 29.8 Å². The lowest BCUT2D eigenvalue weighted by Crippen LogP contribution is -2.04. The number of nitrogens with one attached hydrogen (secondary N) is 1. The van der Waals surface area contributed by atoms with Gasteiger partial charge in [0.05, 0.1) is 5.69 Å². The van der Waals surface area contributed by atoms with E-state index in [1.165, 1.54) is 24.0 Å². The third-order valence-corrected chi connectivity index (χ3v) is 3.67. The van der Waals surface area contributed by atoms with E-state index in [2.05, 4.69) is 48.4 Å². The van der Waals surface area contributed by atoms with Crippen LogP contribution in [0.3, 0.4) is 0 Å². The van der Waals surface area contributed by atoms with Gasteiger partial charge in [0.1, 0.15) is 11.6 Å². The molecule has 0 spiro atoms. The molecule has 0 amide bonds. The summed E-state index contributed by atoms with van der Waals surface area (Å²) in [6.07, 6.45) is 2.44. The van der Waals surface area contributed by atoms with Gasteiger partial charge >= 0.3 is 0 Å². The second-order valence-corrected chi connectivity index (χ2v) is 5.29. The molecule has 0 radical (unpaired) electrons. The molecule has 1 heterocycles. The van der Waals surface area contributed by atoms with E-state index in [-0.39, 0.29) is 0 Å². The van der Waals surface area contributed by atoms with Gasteiger partial charge in [-0.15, -0.1) is 0 Å². The summed E-state index contributed by atoms with van der Waals surface area (Å²) in [5, 5.41) is 3.19. The molecule has 1 saturated carbocycles. The number of nitrogens with zero attached hydrogens (tertiary/aromatic N) is 2. The van der Waals surface area contributed by atoms with E-state index in [4.69, 9.17) is 4.98 Å². The number of aryl methyl sites for hydroxylation is 1. The van der Waals surface area contributed by atoms with E-state index in [0.717, 1.165) is 22.9 Å². The van der Waals surface area contributed by atoms with Crippen LogP contribution in [0, 0.1) is 13.8 Å². The van der Waals surface area contributed by atoms with Crippen molar-refractivity contribution in [2.24, 2.45) is 0 Å². The van der Waals surface area contributed by atoms with Crippen molar-refractivity contribution in [1.29, 1.82) is 0 Å². The van der Waals surface area contributed by atoms with E-state index >= 15 is 0 Å². The highest BCUT2D eigenvalue weighted by Gasteiger charge is 2.28. The zero-order valence-corrected chi connectivity index (χ0v) is 11.7. The average Bonchev–Trinajstić information content (AvgIpc) is 3.25. The number of benzene rings is 1. The summed E-state index contributed by atoms with van der Waals surface area (Å²) in [6, 6.07) is 8.54. The quantitative estimate of drug-likeness (QED) is 0.906. The summed E-state index contributed by atoms with van der Waals surface area (Å²) < 4.78 is 0. The maximum Gasteiger partial charge on any atom is 0.134 e. The van der Waals surface area contributed by atoms with Crippen LogP contribution < -0.4 is 5.32 Å². The number of rotatable bonds is 3. The summed E-state index contributed by atoms with van der Waals surface area (Å²) in [7, 11) is 1.92. The summed E-state index contributed by atoms with van der Waals surface area (Å²) in [6.45, 7) is 4.18. The molecule has 0 bridgehead atoms. The van der Waals surface area contributed by atoms with Crippen LogP contribution in [0.1, 0.15) is 35.7 Å². The van der Waals surface area contributed by atoms with E-state index < -0.39 is 0 Å². The molecule has 3 nitrogen and oxygen atoms in total. The van der Waals surface area contributed by atoms with Crippen LogP contribution in [0.4, 0.5) is 5.82 Å².